The maximum atomic E-state index is 14.0. The van der Waals surface area contributed by atoms with Crippen molar-refractivity contribution in [1.82, 2.24) is 4.98 Å². The summed E-state index contributed by atoms with van der Waals surface area (Å²) in [4.78, 5) is 15.8. The van der Waals surface area contributed by atoms with Crippen LogP contribution < -0.4 is 5.01 Å². The van der Waals surface area contributed by atoms with Gasteiger partial charge in [-0.2, -0.15) is 5.10 Å². The van der Waals surface area contributed by atoms with E-state index in [1.807, 2.05) is 0 Å². The fourth-order valence-electron chi connectivity index (χ4n) is 2.73. The zero-order chi connectivity index (χ0) is 19.7. The van der Waals surface area contributed by atoms with Crippen molar-refractivity contribution in [3.63, 3.8) is 0 Å². The number of aromatic nitrogens is 1. The van der Waals surface area contributed by atoms with Crippen LogP contribution >= 0.6 is 11.3 Å². The number of benzene rings is 2. The number of thiazole rings is 1. The zero-order valence-electron chi connectivity index (χ0n) is 14.5. The van der Waals surface area contributed by atoms with Crippen molar-refractivity contribution in [2.24, 2.45) is 5.10 Å². The van der Waals surface area contributed by atoms with Crippen LogP contribution in [0.15, 0.2) is 52.9 Å². The van der Waals surface area contributed by atoms with Gasteiger partial charge in [0.15, 0.2) is 0 Å². The maximum Gasteiger partial charge on any atom is 0.336 e. The standard InChI is InChI=1S/C20H15F2N3O2S/c21-13-6-5-12(16(9-13)19(26)27)10-23-25(14-7-8-14)20-24-18(11-28-20)15-3-1-2-4-17(15)22/h1-6,9-11,14H,7-8H2,(H,26,27). The number of halogens is 2. The number of carboxylic acid groups (broad SMARTS) is 1. The second kappa shape index (κ2) is 7.47. The minimum absolute atomic E-state index is 0.157. The fraction of sp³-hybridized carbons (Fsp3) is 0.150. The van der Waals surface area contributed by atoms with Crippen molar-refractivity contribution in [2.45, 2.75) is 18.9 Å². The predicted octanol–water partition coefficient (Wildman–Crippen LogP) is 4.79. The molecule has 0 saturated heterocycles. The predicted molar refractivity (Wildman–Crippen MR) is 104 cm³/mol. The van der Waals surface area contributed by atoms with E-state index in [2.05, 4.69) is 10.1 Å². The quantitative estimate of drug-likeness (QED) is 0.478. The monoisotopic (exact) mass is 399 g/mol. The van der Waals surface area contributed by atoms with Crippen LogP contribution in [0.4, 0.5) is 13.9 Å². The average Bonchev–Trinajstić information content (AvgIpc) is 3.40. The molecule has 3 aromatic rings. The molecule has 5 nitrogen and oxygen atoms in total. The van der Waals surface area contributed by atoms with Gasteiger partial charge in [0.05, 0.1) is 23.5 Å². The number of hydrogen-bond donors (Lipinski definition) is 1. The lowest BCUT2D eigenvalue weighted by molar-refractivity contribution is 0.0696. The summed E-state index contributed by atoms with van der Waals surface area (Å²) < 4.78 is 27.4. The molecular weight excluding hydrogens is 384 g/mol. The molecule has 1 heterocycles. The highest BCUT2D eigenvalue weighted by molar-refractivity contribution is 7.14. The van der Waals surface area contributed by atoms with Crippen LogP contribution in [0.5, 0.6) is 0 Å². The molecule has 142 valence electrons. The van der Waals surface area contributed by atoms with E-state index in [4.69, 9.17) is 0 Å². The van der Waals surface area contributed by atoms with E-state index >= 15 is 0 Å². The van der Waals surface area contributed by atoms with Crippen molar-refractivity contribution >= 4 is 28.7 Å². The minimum atomic E-state index is -1.23. The van der Waals surface area contributed by atoms with Gasteiger partial charge >= 0.3 is 5.97 Å². The van der Waals surface area contributed by atoms with Gasteiger partial charge in [0.25, 0.3) is 0 Å². The van der Waals surface area contributed by atoms with Crippen LogP contribution in [0.2, 0.25) is 0 Å². The number of hydrogen-bond acceptors (Lipinski definition) is 5. The number of carbonyl (C=O) groups is 1. The molecule has 0 spiro atoms. The van der Waals surface area contributed by atoms with Crippen LogP contribution in [0, 0.1) is 11.6 Å². The van der Waals surface area contributed by atoms with E-state index in [9.17, 15) is 18.7 Å². The number of nitrogens with zero attached hydrogens (tertiary/aromatic N) is 3. The van der Waals surface area contributed by atoms with E-state index in [0.29, 0.717) is 22.0 Å². The molecule has 1 aliphatic rings. The summed E-state index contributed by atoms with van der Waals surface area (Å²) in [5, 5.41) is 17.7. The summed E-state index contributed by atoms with van der Waals surface area (Å²) in [5.41, 5.74) is 1.07. The molecule has 0 aliphatic heterocycles. The minimum Gasteiger partial charge on any atom is -0.478 e. The summed E-state index contributed by atoms with van der Waals surface area (Å²) in [5.74, 6) is -2.20. The molecular formula is C20H15F2N3O2S. The van der Waals surface area contributed by atoms with Crippen molar-refractivity contribution in [2.75, 3.05) is 5.01 Å². The van der Waals surface area contributed by atoms with Gasteiger partial charge < -0.3 is 5.11 Å². The second-order valence-electron chi connectivity index (χ2n) is 6.35. The Bertz CT molecular complexity index is 1060. The second-order valence-corrected chi connectivity index (χ2v) is 7.19. The number of hydrazone groups is 1. The summed E-state index contributed by atoms with van der Waals surface area (Å²) in [6.45, 7) is 0. The van der Waals surface area contributed by atoms with Crippen LogP contribution in [0.1, 0.15) is 28.8 Å². The highest BCUT2D eigenvalue weighted by Crippen LogP contribution is 2.36. The summed E-state index contributed by atoms with van der Waals surface area (Å²) >= 11 is 1.34. The third-order valence-corrected chi connectivity index (χ3v) is 5.13. The van der Waals surface area contributed by atoms with Gasteiger partial charge in [-0.05, 0) is 43.2 Å². The van der Waals surface area contributed by atoms with Gasteiger partial charge in [0.1, 0.15) is 11.6 Å². The molecule has 1 aromatic heterocycles. The maximum absolute atomic E-state index is 14.0. The molecule has 1 N–H and O–H groups in total. The number of anilines is 1. The first-order valence-corrected chi connectivity index (χ1v) is 9.47. The normalized spacial score (nSPS) is 13.8. The van der Waals surface area contributed by atoms with E-state index in [-0.39, 0.29) is 17.4 Å². The lowest BCUT2D eigenvalue weighted by Crippen LogP contribution is -2.19. The molecule has 1 aliphatic carbocycles. The number of aromatic carboxylic acids is 1. The van der Waals surface area contributed by atoms with Crippen molar-refractivity contribution in [1.29, 1.82) is 0 Å². The summed E-state index contributed by atoms with van der Waals surface area (Å²) in [6, 6.07) is 10.1. The topological polar surface area (TPSA) is 65.8 Å². The van der Waals surface area contributed by atoms with E-state index < -0.39 is 11.8 Å². The van der Waals surface area contributed by atoms with E-state index in [1.165, 1.54) is 35.8 Å². The molecule has 1 fully saturated rings. The van der Waals surface area contributed by atoms with Crippen molar-refractivity contribution in [3.05, 3.63) is 70.6 Å². The van der Waals surface area contributed by atoms with E-state index in [0.717, 1.165) is 18.9 Å². The molecule has 2 aromatic carbocycles. The number of rotatable bonds is 6. The first-order chi connectivity index (χ1) is 13.5. The Balaban J connectivity index is 1.64. The summed E-state index contributed by atoms with van der Waals surface area (Å²) in [6.07, 6.45) is 3.26. The lowest BCUT2D eigenvalue weighted by atomic mass is 10.1. The molecule has 0 amide bonds. The highest BCUT2D eigenvalue weighted by Gasteiger charge is 2.31. The van der Waals surface area contributed by atoms with Crippen molar-refractivity contribution < 1.29 is 18.7 Å². The molecule has 8 heteroatoms. The van der Waals surface area contributed by atoms with E-state index in [1.54, 1.807) is 28.6 Å². The molecule has 1 saturated carbocycles. The van der Waals surface area contributed by atoms with Crippen LogP contribution in [-0.4, -0.2) is 28.3 Å². The summed E-state index contributed by atoms with van der Waals surface area (Å²) in [7, 11) is 0. The molecule has 28 heavy (non-hydrogen) atoms. The smallest absolute Gasteiger partial charge is 0.336 e. The first-order valence-electron chi connectivity index (χ1n) is 8.59. The Labute approximate surface area is 163 Å². The van der Waals surface area contributed by atoms with Gasteiger partial charge in [-0.1, -0.05) is 12.1 Å². The van der Waals surface area contributed by atoms with Crippen molar-refractivity contribution in [3.8, 4) is 11.3 Å². The van der Waals surface area contributed by atoms with Gasteiger partial charge in [-0.25, -0.2) is 23.6 Å². The van der Waals surface area contributed by atoms with Gasteiger partial charge in [-0.15, -0.1) is 11.3 Å². The number of carboxylic acids is 1. The molecule has 4 rings (SSSR count). The fourth-order valence-corrected chi connectivity index (χ4v) is 3.58. The van der Waals surface area contributed by atoms with Crippen LogP contribution in [0.25, 0.3) is 11.3 Å². The molecule has 0 unspecified atom stereocenters. The Kier molecular flexibility index (Phi) is 4.87. The Morgan fingerprint density at radius 3 is 2.75 bits per heavy atom. The van der Waals surface area contributed by atoms with Gasteiger partial charge in [0, 0.05) is 16.5 Å². The largest absolute Gasteiger partial charge is 0.478 e. The third-order valence-electron chi connectivity index (χ3n) is 4.30. The van der Waals surface area contributed by atoms with Crippen LogP contribution in [-0.2, 0) is 0 Å². The molecule has 0 radical (unpaired) electrons. The Morgan fingerprint density at radius 1 is 1.25 bits per heavy atom. The molecule has 0 bridgehead atoms. The van der Waals surface area contributed by atoms with Gasteiger partial charge in [-0.3, -0.25) is 0 Å². The average molecular weight is 399 g/mol. The lowest BCUT2D eigenvalue weighted by Gasteiger charge is -2.14. The van der Waals surface area contributed by atoms with Gasteiger partial charge in [0.2, 0.25) is 5.13 Å². The van der Waals surface area contributed by atoms with Crippen LogP contribution in [0.3, 0.4) is 0 Å². The SMILES string of the molecule is O=C(O)c1cc(F)ccc1C=NN(c1nc(-c2ccccc2F)cs1)C1CC1. The Hall–Kier alpha value is -3.13. The first kappa shape index (κ1) is 18.2. The third kappa shape index (κ3) is 3.77. The molecule has 0 atom stereocenters. The zero-order valence-corrected chi connectivity index (χ0v) is 15.4. The highest BCUT2D eigenvalue weighted by atomic mass is 32.1. The Morgan fingerprint density at radius 2 is 2.04 bits per heavy atom.